The molecule has 20 heavy (non-hydrogen) atoms. The van der Waals surface area contributed by atoms with Crippen LogP contribution in [-0.2, 0) is 17.9 Å². The van der Waals surface area contributed by atoms with Crippen LogP contribution in [0, 0.1) is 0 Å². The molecule has 1 heterocycles. The molecule has 3 nitrogen and oxygen atoms in total. The molecule has 1 aromatic heterocycles. The van der Waals surface area contributed by atoms with Crippen molar-refractivity contribution in [3.05, 3.63) is 23.7 Å². The van der Waals surface area contributed by atoms with E-state index in [2.05, 4.69) is 32.2 Å². The Morgan fingerprint density at radius 3 is 2.55 bits per heavy atom. The molecule has 1 aromatic rings. The van der Waals surface area contributed by atoms with Crippen LogP contribution < -0.4 is 5.32 Å². The molecule has 1 saturated carbocycles. The minimum absolute atomic E-state index is 0.133. The van der Waals surface area contributed by atoms with Gasteiger partial charge in [0.05, 0.1) is 12.4 Å². The zero-order valence-electron chi connectivity index (χ0n) is 13.2. The average Bonchev–Trinajstić information content (AvgIpc) is 2.68. The Morgan fingerprint density at radius 1 is 1.20 bits per heavy atom. The van der Waals surface area contributed by atoms with Gasteiger partial charge in [-0.2, -0.15) is 0 Å². The summed E-state index contributed by atoms with van der Waals surface area (Å²) in [7, 11) is 0. The van der Waals surface area contributed by atoms with Gasteiger partial charge in [-0.1, -0.05) is 25.7 Å². The molecular formula is C17H29NO2. The van der Waals surface area contributed by atoms with E-state index < -0.39 is 0 Å². The highest BCUT2D eigenvalue weighted by atomic mass is 16.5. The van der Waals surface area contributed by atoms with Gasteiger partial charge in [0.1, 0.15) is 12.4 Å². The van der Waals surface area contributed by atoms with Crippen LogP contribution in [0.5, 0.6) is 0 Å². The van der Waals surface area contributed by atoms with E-state index in [1.807, 2.05) is 6.26 Å². The van der Waals surface area contributed by atoms with Gasteiger partial charge in [0, 0.05) is 17.6 Å². The fourth-order valence-electron chi connectivity index (χ4n) is 2.57. The van der Waals surface area contributed by atoms with Crippen LogP contribution in [0.25, 0.3) is 0 Å². The largest absolute Gasteiger partial charge is 0.467 e. The van der Waals surface area contributed by atoms with Crippen LogP contribution in [0.15, 0.2) is 16.7 Å². The Hall–Kier alpha value is -0.800. The normalized spacial score (nSPS) is 18.1. The predicted octanol–water partition coefficient (Wildman–Crippen LogP) is 4.41. The van der Waals surface area contributed by atoms with Gasteiger partial charge in [-0.3, -0.25) is 0 Å². The van der Waals surface area contributed by atoms with Gasteiger partial charge < -0.3 is 14.5 Å². The smallest absolute Gasteiger partial charge is 0.129 e. The first-order chi connectivity index (χ1) is 9.53. The quantitative estimate of drug-likeness (QED) is 0.811. The second-order valence-corrected chi connectivity index (χ2v) is 6.95. The lowest BCUT2D eigenvalue weighted by molar-refractivity contribution is 0.0220. The van der Waals surface area contributed by atoms with E-state index in [1.165, 1.54) is 44.1 Å². The third kappa shape index (κ3) is 5.68. The van der Waals surface area contributed by atoms with Gasteiger partial charge in [0.25, 0.3) is 0 Å². The summed E-state index contributed by atoms with van der Waals surface area (Å²) >= 11 is 0. The van der Waals surface area contributed by atoms with Crippen molar-refractivity contribution in [1.29, 1.82) is 0 Å². The Morgan fingerprint density at radius 2 is 1.90 bits per heavy atom. The predicted molar refractivity (Wildman–Crippen MR) is 81.6 cm³/mol. The molecule has 0 aliphatic heterocycles. The van der Waals surface area contributed by atoms with Crippen LogP contribution in [-0.4, -0.2) is 11.6 Å². The first-order valence-corrected chi connectivity index (χ1v) is 7.96. The van der Waals surface area contributed by atoms with Crippen molar-refractivity contribution in [2.45, 2.75) is 84.1 Å². The van der Waals surface area contributed by atoms with Gasteiger partial charge in [-0.15, -0.1) is 0 Å². The fraction of sp³-hybridized carbons (Fsp3) is 0.765. The van der Waals surface area contributed by atoms with Crippen LogP contribution >= 0.6 is 0 Å². The first kappa shape index (κ1) is 15.6. The standard InChI is InChI=1S/C17H29NO2/c1-17(2,3)18-11-14-10-16(19-12-14)13-20-15-8-6-4-5-7-9-15/h10,12,15,18H,4-9,11,13H2,1-3H3. The highest BCUT2D eigenvalue weighted by molar-refractivity contribution is 5.12. The van der Waals surface area contributed by atoms with Crippen molar-refractivity contribution in [3.8, 4) is 0 Å². The fourth-order valence-corrected chi connectivity index (χ4v) is 2.57. The third-order valence-corrected chi connectivity index (χ3v) is 3.79. The summed E-state index contributed by atoms with van der Waals surface area (Å²) in [5.41, 5.74) is 1.33. The molecule has 1 fully saturated rings. The van der Waals surface area contributed by atoms with E-state index in [1.54, 1.807) is 0 Å². The third-order valence-electron chi connectivity index (χ3n) is 3.79. The number of furan rings is 1. The Labute approximate surface area is 123 Å². The van der Waals surface area contributed by atoms with Gasteiger partial charge in [0.15, 0.2) is 0 Å². The van der Waals surface area contributed by atoms with Crippen LogP contribution in [0.3, 0.4) is 0 Å². The molecular weight excluding hydrogens is 250 g/mol. The van der Waals surface area contributed by atoms with E-state index in [-0.39, 0.29) is 5.54 Å². The second kappa shape index (κ2) is 7.28. The van der Waals surface area contributed by atoms with Crippen LogP contribution in [0.2, 0.25) is 0 Å². The van der Waals surface area contributed by atoms with Gasteiger partial charge >= 0.3 is 0 Å². The number of ether oxygens (including phenoxy) is 1. The Kier molecular flexibility index (Phi) is 5.67. The SMILES string of the molecule is CC(C)(C)NCc1coc(COC2CCCCCC2)c1. The molecule has 1 aliphatic carbocycles. The summed E-state index contributed by atoms with van der Waals surface area (Å²) < 4.78 is 11.6. The van der Waals surface area contributed by atoms with Crippen molar-refractivity contribution in [2.75, 3.05) is 0 Å². The molecule has 0 bridgehead atoms. The minimum atomic E-state index is 0.133. The maximum atomic E-state index is 5.99. The zero-order valence-corrected chi connectivity index (χ0v) is 13.2. The highest BCUT2D eigenvalue weighted by Crippen LogP contribution is 2.21. The molecule has 0 amide bonds. The summed E-state index contributed by atoms with van der Waals surface area (Å²) in [5.74, 6) is 0.944. The van der Waals surface area contributed by atoms with Crippen molar-refractivity contribution in [1.82, 2.24) is 5.32 Å². The maximum absolute atomic E-state index is 5.99. The Bertz CT molecular complexity index is 384. The molecule has 1 aliphatic rings. The van der Waals surface area contributed by atoms with E-state index >= 15 is 0 Å². The van der Waals surface area contributed by atoms with Gasteiger partial charge in [-0.25, -0.2) is 0 Å². The van der Waals surface area contributed by atoms with Crippen molar-refractivity contribution < 1.29 is 9.15 Å². The average molecular weight is 279 g/mol. The number of rotatable bonds is 5. The lowest BCUT2D eigenvalue weighted by Crippen LogP contribution is -2.34. The topological polar surface area (TPSA) is 34.4 Å². The van der Waals surface area contributed by atoms with Gasteiger partial charge in [0.2, 0.25) is 0 Å². The summed E-state index contributed by atoms with van der Waals surface area (Å²) in [6.45, 7) is 7.96. The zero-order chi connectivity index (χ0) is 14.4. The van der Waals surface area contributed by atoms with Crippen molar-refractivity contribution in [3.63, 3.8) is 0 Å². The van der Waals surface area contributed by atoms with Crippen LogP contribution in [0.1, 0.15) is 70.6 Å². The summed E-state index contributed by atoms with van der Waals surface area (Å²) in [6, 6.07) is 2.11. The monoisotopic (exact) mass is 279 g/mol. The maximum Gasteiger partial charge on any atom is 0.129 e. The van der Waals surface area contributed by atoms with E-state index in [9.17, 15) is 0 Å². The summed E-state index contributed by atoms with van der Waals surface area (Å²) in [4.78, 5) is 0. The molecule has 1 N–H and O–H groups in total. The lowest BCUT2D eigenvalue weighted by atomic mass is 10.1. The van der Waals surface area contributed by atoms with Crippen LogP contribution in [0.4, 0.5) is 0 Å². The number of hydrogen-bond acceptors (Lipinski definition) is 3. The molecule has 0 radical (unpaired) electrons. The van der Waals surface area contributed by atoms with Crippen molar-refractivity contribution >= 4 is 0 Å². The lowest BCUT2D eigenvalue weighted by Gasteiger charge is -2.19. The van der Waals surface area contributed by atoms with E-state index in [0.29, 0.717) is 12.7 Å². The molecule has 114 valence electrons. The first-order valence-electron chi connectivity index (χ1n) is 7.96. The summed E-state index contributed by atoms with van der Waals surface area (Å²) in [5, 5.41) is 3.46. The molecule has 0 atom stereocenters. The Balaban J connectivity index is 1.74. The molecule has 2 rings (SSSR count). The van der Waals surface area contributed by atoms with E-state index in [4.69, 9.17) is 9.15 Å². The van der Waals surface area contributed by atoms with Crippen molar-refractivity contribution in [2.24, 2.45) is 0 Å². The molecule has 0 saturated heterocycles. The second-order valence-electron chi connectivity index (χ2n) is 6.95. The number of nitrogens with one attached hydrogen (secondary N) is 1. The van der Waals surface area contributed by atoms with Gasteiger partial charge in [-0.05, 0) is 39.7 Å². The van der Waals surface area contributed by atoms with E-state index in [0.717, 1.165) is 12.3 Å². The highest BCUT2D eigenvalue weighted by Gasteiger charge is 2.14. The summed E-state index contributed by atoms with van der Waals surface area (Å²) in [6.07, 6.45) is 10.0. The minimum Gasteiger partial charge on any atom is -0.467 e. The molecule has 0 aromatic carbocycles. The molecule has 3 heteroatoms. The molecule has 0 unspecified atom stereocenters. The number of hydrogen-bond donors (Lipinski definition) is 1. The molecule has 0 spiro atoms.